The molecule has 1 aliphatic carbocycles. The lowest BCUT2D eigenvalue weighted by Crippen LogP contribution is -2.37. The van der Waals surface area contributed by atoms with Crippen molar-refractivity contribution in [3.63, 3.8) is 0 Å². The summed E-state index contributed by atoms with van der Waals surface area (Å²) >= 11 is 2.80. The zero-order chi connectivity index (χ0) is 18.8. The average Bonchev–Trinajstić information content (AvgIpc) is 3.31. The molecule has 0 bridgehead atoms. The van der Waals surface area contributed by atoms with E-state index in [1.165, 1.54) is 42.4 Å². The Morgan fingerprint density at radius 2 is 2.15 bits per heavy atom. The lowest BCUT2D eigenvalue weighted by atomic mass is 9.95. The van der Waals surface area contributed by atoms with Crippen LogP contribution < -0.4 is 10.9 Å². The molecule has 1 amide bonds. The molecule has 3 aromatic heterocycles. The maximum atomic E-state index is 12.7. The molecule has 0 spiro atoms. The fraction of sp³-hybridized carbons (Fsp3) is 0.556. The fourth-order valence-electron chi connectivity index (χ4n) is 3.66. The van der Waals surface area contributed by atoms with E-state index in [2.05, 4.69) is 15.5 Å². The lowest BCUT2D eigenvalue weighted by Gasteiger charge is -2.22. The van der Waals surface area contributed by atoms with Gasteiger partial charge in [-0.25, -0.2) is 0 Å². The molecule has 0 atom stereocenters. The predicted molar refractivity (Wildman–Crippen MR) is 109 cm³/mol. The topological polar surface area (TPSA) is 81.3 Å². The van der Waals surface area contributed by atoms with Crippen molar-refractivity contribution in [1.29, 1.82) is 0 Å². The highest BCUT2D eigenvalue weighted by molar-refractivity contribution is 7.99. The number of rotatable bonds is 6. The van der Waals surface area contributed by atoms with Gasteiger partial charge in [-0.05, 0) is 30.7 Å². The first-order valence-electron chi connectivity index (χ1n) is 9.46. The molecule has 3 heterocycles. The first-order chi connectivity index (χ1) is 13.2. The van der Waals surface area contributed by atoms with Gasteiger partial charge in [0.2, 0.25) is 11.7 Å². The molecular formula is C18H23N5O2S2. The second kappa shape index (κ2) is 8.02. The van der Waals surface area contributed by atoms with Crippen molar-refractivity contribution in [2.24, 2.45) is 0 Å². The van der Waals surface area contributed by atoms with E-state index in [0.717, 1.165) is 24.8 Å². The smallest absolute Gasteiger partial charge is 0.272 e. The van der Waals surface area contributed by atoms with E-state index in [1.54, 1.807) is 4.57 Å². The maximum absolute atomic E-state index is 12.7. The van der Waals surface area contributed by atoms with E-state index in [0.29, 0.717) is 34.0 Å². The Bertz CT molecular complexity index is 1020. The van der Waals surface area contributed by atoms with Crippen molar-refractivity contribution in [3.05, 3.63) is 21.8 Å². The summed E-state index contributed by atoms with van der Waals surface area (Å²) in [6, 6.07) is 2.22. The van der Waals surface area contributed by atoms with Crippen molar-refractivity contribution >= 4 is 45.0 Å². The SMILES string of the molecule is CCCn1c(=O)c2sccc2n2c(SCC(=O)NC3CCCCC3)nnc12. The van der Waals surface area contributed by atoms with Gasteiger partial charge in [-0.2, -0.15) is 0 Å². The molecule has 1 saturated carbocycles. The summed E-state index contributed by atoms with van der Waals surface area (Å²) in [7, 11) is 0. The molecule has 144 valence electrons. The van der Waals surface area contributed by atoms with Gasteiger partial charge in [-0.1, -0.05) is 37.9 Å². The molecule has 3 aromatic rings. The van der Waals surface area contributed by atoms with Crippen LogP contribution >= 0.6 is 23.1 Å². The van der Waals surface area contributed by atoms with Gasteiger partial charge < -0.3 is 5.32 Å². The number of hydrogen-bond acceptors (Lipinski definition) is 6. The fourth-order valence-corrected chi connectivity index (χ4v) is 5.24. The minimum absolute atomic E-state index is 0.0201. The van der Waals surface area contributed by atoms with Crippen LogP contribution in [-0.2, 0) is 11.3 Å². The Morgan fingerprint density at radius 1 is 1.33 bits per heavy atom. The monoisotopic (exact) mass is 405 g/mol. The first-order valence-corrected chi connectivity index (χ1v) is 11.3. The number of aromatic nitrogens is 4. The summed E-state index contributed by atoms with van der Waals surface area (Å²) in [6.07, 6.45) is 6.64. The molecule has 0 radical (unpaired) electrons. The van der Waals surface area contributed by atoms with Gasteiger partial charge in [-0.15, -0.1) is 21.5 Å². The third-order valence-corrected chi connectivity index (χ3v) is 6.75. The number of hydrogen-bond donors (Lipinski definition) is 1. The van der Waals surface area contributed by atoms with Crippen LogP contribution in [0.4, 0.5) is 0 Å². The number of thiophene rings is 1. The lowest BCUT2D eigenvalue weighted by molar-refractivity contribution is -0.119. The van der Waals surface area contributed by atoms with E-state index in [-0.39, 0.29) is 11.5 Å². The van der Waals surface area contributed by atoms with E-state index < -0.39 is 0 Å². The summed E-state index contributed by atoms with van der Waals surface area (Å²) < 4.78 is 4.28. The van der Waals surface area contributed by atoms with Crippen LogP contribution in [-0.4, -0.2) is 36.9 Å². The summed E-state index contributed by atoms with van der Waals surface area (Å²) in [6.45, 7) is 2.63. The molecular weight excluding hydrogens is 382 g/mol. The van der Waals surface area contributed by atoms with E-state index in [1.807, 2.05) is 22.8 Å². The van der Waals surface area contributed by atoms with Gasteiger partial charge in [0.15, 0.2) is 5.16 Å². The Morgan fingerprint density at radius 3 is 2.93 bits per heavy atom. The maximum Gasteiger partial charge on any atom is 0.272 e. The first kappa shape index (κ1) is 18.5. The number of nitrogens with one attached hydrogen (secondary N) is 1. The molecule has 0 aromatic carbocycles. The standard InChI is InChI=1S/C18H23N5O2S2/c1-2-9-22-16(25)15-13(8-10-26-15)23-17(22)20-21-18(23)27-11-14(24)19-12-6-4-3-5-7-12/h8,10,12H,2-7,9,11H2,1H3,(H,19,24). The molecule has 0 saturated heterocycles. The van der Waals surface area contributed by atoms with Crippen LogP contribution in [0.15, 0.2) is 21.4 Å². The Balaban J connectivity index is 1.59. The van der Waals surface area contributed by atoms with Gasteiger partial charge in [0.05, 0.1) is 11.3 Å². The van der Waals surface area contributed by atoms with Crippen molar-refractivity contribution in [2.45, 2.75) is 63.2 Å². The van der Waals surface area contributed by atoms with Gasteiger partial charge in [0.25, 0.3) is 5.56 Å². The molecule has 1 N–H and O–H groups in total. The summed E-state index contributed by atoms with van der Waals surface area (Å²) in [5, 5.41) is 14.2. The van der Waals surface area contributed by atoms with Crippen LogP contribution in [0.2, 0.25) is 0 Å². The number of carbonyl (C=O) groups excluding carboxylic acids is 1. The predicted octanol–water partition coefficient (Wildman–Crippen LogP) is 3.06. The number of thioether (sulfide) groups is 1. The zero-order valence-corrected chi connectivity index (χ0v) is 16.9. The van der Waals surface area contributed by atoms with Gasteiger partial charge >= 0.3 is 0 Å². The number of nitrogens with zero attached hydrogens (tertiary/aromatic N) is 4. The summed E-state index contributed by atoms with van der Waals surface area (Å²) in [5.41, 5.74) is 0.792. The number of carbonyl (C=O) groups is 1. The minimum Gasteiger partial charge on any atom is -0.353 e. The van der Waals surface area contributed by atoms with Crippen molar-refractivity contribution in [2.75, 3.05) is 5.75 Å². The van der Waals surface area contributed by atoms with Crippen molar-refractivity contribution in [3.8, 4) is 0 Å². The third kappa shape index (κ3) is 3.62. The molecule has 7 nitrogen and oxygen atoms in total. The van der Waals surface area contributed by atoms with Gasteiger partial charge in [0.1, 0.15) is 4.70 Å². The van der Waals surface area contributed by atoms with Gasteiger partial charge in [0, 0.05) is 12.6 Å². The quantitative estimate of drug-likeness (QED) is 0.638. The number of aryl methyl sites for hydroxylation is 1. The molecule has 9 heteroatoms. The molecule has 1 aliphatic rings. The number of amides is 1. The normalized spacial score (nSPS) is 15.6. The van der Waals surface area contributed by atoms with Crippen LogP contribution in [0.3, 0.4) is 0 Å². The molecule has 0 unspecified atom stereocenters. The van der Waals surface area contributed by atoms with E-state index in [9.17, 15) is 9.59 Å². The second-order valence-corrected chi connectivity index (χ2v) is 8.76. The molecule has 4 rings (SSSR count). The number of fused-ring (bicyclic) bond motifs is 3. The summed E-state index contributed by atoms with van der Waals surface area (Å²) in [5.74, 6) is 0.880. The van der Waals surface area contributed by atoms with E-state index >= 15 is 0 Å². The van der Waals surface area contributed by atoms with Crippen LogP contribution in [0, 0.1) is 0 Å². The Kier molecular flexibility index (Phi) is 5.49. The summed E-state index contributed by atoms with van der Waals surface area (Å²) in [4.78, 5) is 25.0. The minimum atomic E-state index is -0.0201. The van der Waals surface area contributed by atoms with E-state index in [4.69, 9.17) is 0 Å². The van der Waals surface area contributed by atoms with Crippen molar-refractivity contribution in [1.82, 2.24) is 24.5 Å². The molecule has 27 heavy (non-hydrogen) atoms. The second-order valence-electron chi connectivity index (χ2n) is 6.90. The molecule has 0 aliphatic heterocycles. The van der Waals surface area contributed by atoms with Crippen LogP contribution in [0.5, 0.6) is 0 Å². The highest BCUT2D eigenvalue weighted by atomic mass is 32.2. The zero-order valence-electron chi connectivity index (χ0n) is 15.3. The highest BCUT2D eigenvalue weighted by Crippen LogP contribution is 2.24. The largest absolute Gasteiger partial charge is 0.353 e. The third-order valence-electron chi connectivity index (χ3n) is 4.93. The highest BCUT2D eigenvalue weighted by Gasteiger charge is 2.19. The van der Waals surface area contributed by atoms with Crippen LogP contribution in [0.1, 0.15) is 45.4 Å². The Hall–Kier alpha value is -1.87. The molecule has 1 fully saturated rings. The van der Waals surface area contributed by atoms with Crippen molar-refractivity contribution < 1.29 is 4.79 Å². The van der Waals surface area contributed by atoms with Gasteiger partial charge in [-0.3, -0.25) is 18.6 Å². The Labute approximate surface area is 165 Å². The van der Waals surface area contributed by atoms with Crippen LogP contribution in [0.25, 0.3) is 16.0 Å². The average molecular weight is 406 g/mol.